The highest BCUT2D eigenvalue weighted by Crippen LogP contribution is 2.23. The van der Waals surface area contributed by atoms with E-state index in [-0.39, 0.29) is 5.82 Å². The van der Waals surface area contributed by atoms with E-state index in [4.69, 9.17) is 0 Å². The van der Waals surface area contributed by atoms with Crippen molar-refractivity contribution in [2.75, 3.05) is 26.7 Å². The summed E-state index contributed by atoms with van der Waals surface area (Å²) in [5.74, 6) is 0.608. The topological polar surface area (TPSA) is 39.7 Å². The van der Waals surface area contributed by atoms with Crippen LogP contribution in [0.4, 0.5) is 4.39 Å². The minimum atomic E-state index is -0.165. The first kappa shape index (κ1) is 17.9. The van der Waals surface area contributed by atoms with Gasteiger partial charge in [0, 0.05) is 44.6 Å². The third kappa shape index (κ3) is 4.80. The van der Waals surface area contributed by atoms with Gasteiger partial charge >= 0.3 is 0 Å². The molecule has 134 valence electrons. The lowest BCUT2D eigenvalue weighted by Crippen LogP contribution is -2.42. The molecule has 2 aromatic rings. The van der Waals surface area contributed by atoms with Gasteiger partial charge in [0.2, 0.25) is 0 Å². The molecule has 0 bridgehead atoms. The second kappa shape index (κ2) is 8.45. The van der Waals surface area contributed by atoms with Crippen molar-refractivity contribution in [1.82, 2.24) is 15.5 Å². The maximum Gasteiger partial charge on any atom is 0.191 e. The minimum absolute atomic E-state index is 0.165. The van der Waals surface area contributed by atoms with Crippen LogP contribution < -0.4 is 10.6 Å². The van der Waals surface area contributed by atoms with Crippen LogP contribution in [0.5, 0.6) is 0 Å². The molecule has 2 heterocycles. The molecule has 1 aromatic carbocycles. The number of rotatable bonds is 5. The molecule has 4 nitrogen and oxygen atoms in total. The second-order valence-corrected chi connectivity index (χ2v) is 7.33. The summed E-state index contributed by atoms with van der Waals surface area (Å²) in [5.41, 5.74) is 3.19. The highest BCUT2D eigenvalue weighted by Gasteiger charge is 2.16. The van der Waals surface area contributed by atoms with Gasteiger partial charge in [-0.2, -0.15) is 0 Å². The Morgan fingerprint density at radius 1 is 1.32 bits per heavy atom. The van der Waals surface area contributed by atoms with Crippen molar-refractivity contribution in [3.05, 3.63) is 57.0 Å². The molecule has 0 fully saturated rings. The zero-order valence-electron chi connectivity index (χ0n) is 14.8. The van der Waals surface area contributed by atoms with Crippen LogP contribution in [0.2, 0.25) is 0 Å². The van der Waals surface area contributed by atoms with E-state index < -0.39 is 0 Å². The first-order valence-electron chi connectivity index (χ1n) is 8.63. The molecular formula is C19H25FN4S. The number of thiophene rings is 1. The Kier molecular flexibility index (Phi) is 6.04. The standard InChI is InChI=1S/C19H25FN4S/c1-14-11-15(3-4-17(14)20)12-23-19(21-2)22-7-9-24-8-5-18-16(13-24)6-10-25-18/h3-4,6,10-11H,5,7-9,12-13H2,1-2H3,(H2,21,22,23). The van der Waals surface area contributed by atoms with Gasteiger partial charge in [0.1, 0.15) is 5.82 Å². The summed E-state index contributed by atoms with van der Waals surface area (Å²) in [6, 6.07) is 7.42. The minimum Gasteiger partial charge on any atom is -0.355 e. The number of nitrogens with one attached hydrogen (secondary N) is 2. The van der Waals surface area contributed by atoms with Gasteiger partial charge in [0.05, 0.1) is 0 Å². The number of nitrogens with zero attached hydrogens (tertiary/aromatic N) is 2. The number of aliphatic imine (C=N–C) groups is 1. The van der Waals surface area contributed by atoms with Crippen LogP contribution in [-0.4, -0.2) is 37.5 Å². The molecule has 25 heavy (non-hydrogen) atoms. The zero-order chi connectivity index (χ0) is 17.6. The fraction of sp³-hybridized carbons (Fsp3) is 0.421. The van der Waals surface area contributed by atoms with Crippen LogP contribution in [-0.2, 0) is 19.5 Å². The van der Waals surface area contributed by atoms with Gasteiger partial charge in [-0.1, -0.05) is 12.1 Å². The molecule has 0 spiro atoms. The van der Waals surface area contributed by atoms with Crippen molar-refractivity contribution in [2.45, 2.75) is 26.4 Å². The maximum absolute atomic E-state index is 13.3. The Balaban J connectivity index is 1.41. The molecule has 2 N–H and O–H groups in total. The Morgan fingerprint density at radius 2 is 2.20 bits per heavy atom. The van der Waals surface area contributed by atoms with Gasteiger partial charge in [-0.3, -0.25) is 9.89 Å². The summed E-state index contributed by atoms with van der Waals surface area (Å²) in [6.45, 7) is 6.41. The molecule has 6 heteroatoms. The monoisotopic (exact) mass is 360 g/mol. The molecule has 1 aliphatic rings. The summed E-state index contributed by atoms with van der Waals surface area (Å²) in [5, 5.41) is 8.83. The Hall–Kier alpha value is -1.92. The summed E-state index contributed by atoms with van der Waals surface area (Å²) >= 11 is 1.87. The number of hydrogen-bond acceptors (Lipinski definition) is 3. The molecule has 0 atom stereocenters. The second-order valence-electron chi connectivity index (χ2n) is 6.33. The molecule has 0 amide bonds. The predicted octanol–water partition coefficient (Wildman–Crippen LogP) is 2.92. The summed E-state index contributed by atoms with van der Waals surface area (Å²) in [6.07, 6.45) is 1.16. The summed E-state index contributed by atoms with van der Waals surface area (Å²) in [7, 11) is 1.77. The van der Waals surface area contributed by atoms with E-state index in [0.717, 1.165) is 44.1 Å². The lowest BCUT2D eigenvalue weighted by atomic mass is 10.1. The van der Waals surface area contributed by atoms with Crippen LogP contribution in [0.15, 0.2) is 34.6 Å². The normalized spacial score (nSPS) is 15.1. The SMILES string of the molecule is CN=C(NCCN1CCc2sccc2C1)NCc1ccc(F)c(C)c1. The smallest absolute Gasteiger partial charge is 0.191 e. The van der Waals surface area contributed by atoms with E-state index in [1.54, 1.807) is 20.0 Å². The molecule has 0 radical (unpaired) electrons. The van der Waals surface area contributed by atoms with Gasteiger partial charge in [-0.05, 0) is 47.5 Å². The number of benzene rings is 1. The average molecular weight is 361 g/mol. The van der Waals surface area contributed by atoms with Crippen LogP contribution >= 0.6 is 11.3 Å². The fourth-order valence-corrected chi connectivity index (χ4v) is 3.94. The Morgan fingerprint density at radius 3 is 3.00 bits per heavy atom. The first-order valence-corrected chi connectivity index (χ1v) is 9.51. The van der Waals surface area contributed by atoms with Crippen molar-refractivity contribution < 1.29 is 4.39 Å². The van der Waals surface area contributed by atoms with E-state index in [2.05, 4.69) is 32.0 Å². The molecular weight excluding hydrogens is 335 g/mol. The lowest BCUT2D eigenvalue weighted by molar-refractivity contribution is 0.260. The van der Waals surface area contributed by atoms with Crippen molar-refractivity contribution in [3.8, 4) is 0 Å². The van der Waals surface area contributed by atoms with Crippen LogP contribution in [0, 0.1) is 12.7 Å². The molecule has 1 aliphatic heterocycles. The molecule has 0 saturated heterocycles. The van der Waals surface area contributed by atoms with Crippen LogP contribution in [0.3, 0.4) is 0 Å². The zero-order valence-corrected chi connectivity index (χ0v) is 15.6. The molecule has 0 aliphatic carbocycles. The van der Waals surface area contributed by atoms with Crippen molar-refractivity contribution >= 4 is 17.3 Å². The van der Waals surface area contributed by atoms with E-state index in [0.29, 0.717) is 12.1 Å². The maximum atomic E-state index is 13.3. The third-order valence-electron chi connectivity index (χ3n) is 4.51. The van der Waals surface area contributed by atoms with Crippen molar-refractivity contribution in [3.63, 3.8) is 0 Å². The van der Waals surface area contributed by atoms with Crippen LogP contribution in [0.25, 0.3) is 0 Å². The number of halogens is 1. The number of hydrogen-bond donors (Lipinski definition) is 2. The van der Waals surface area contributed by atoms with Gasteiger partial charge < -0.3 is 10.6 Å². The van der Waals surface area contributed by atoms with E-state index in [9.17, 15) is 4.39 Å². The lowest BCUT2D eigenvalue weighted by Gasteiger charge is -2.27. The average Bonchev–Trinajstić information content (AvgIpc) is 3.08. The molecule has 1 aromatic heterocycles. The van der Waals surface area contributed by atoms with Crippen molar-refractivity contribution in [2.24, 2.45) is 4.99 Å². The first-order chi connectivity index (χ1) is 12.2. The van der Waals surface area contributed by atoms with Gasteiger partial charge in [-0.15, -0.1) is 11.3 Å². The highest BCUT2D eigenvalue weighted by molar-refractivity contribution is 7.10. The van der Waals surface area contributed by atoms with Crippen molar-refractivity contribution in [1.29, 1.82) is 0 Å². The van der Waals surface area contributed by atoms with Gasteiger partial charge in [-0.25, -0.2) is 4.39 Å². The number of guanidine groups is 1. The summed E-state index contributed by atoms with van der Waals surface area (Å²) in [4.78, 5) is 8.27. The highest BCUT2D eigenvalue weighted by atomic mass is 32.1. The predicted molar refractivity (Wildman–Crippen MR) is 103 cm³/mol. The molecule has 0 unspecified atom stereocenters. The summed E-state index contributed by atoms with van der Waals surface area (Å²) < 4.78 is 13.3. The van der Waals surface area contributed by atoms with Gasteiger partial charge in [0.25, 0.3) is 0 Å². The molecule has 3 rings (SSSR count). The van der Waals surface area contributed by atoms with E-state index in [1.807, 2.05) is 17.4 Å². The third-order valence-corrected chi connectivity index (χ3v) is 5.54. The van der Waals surface area contributed by atoms with Crippen LogP contribution in [0.1, 0.15) is 21.6 Å². The van der Waals surface area contributed by atoms with E-state index >= 15 is 0 Å². The quantitative estimate of drug-likeness (QED) is 0.636. The molecule has 0 saturated carbocycles. The Labute approximate surface area is 152 Å². The number of fused-ring (bicyclic) bond motifs is 1. The fourth-order valence-electron chi connectivity index (χ4n) is 3.05. The van der Waals surface area contributed by atoms with E-state index in [1.165, 1.54) is 16.5 Å². The number of aryl methyl sites for hydroxylation is 1. The largest absolute Gasteiger partial charge is 0.355 e. The Bertz CT molecular complexity index is 741. The van der Waals surface area contributed by atoms with Gasteiger partial charge in [0.15, 0.2) is 5.96 Å².